The smallest absolute Gasteiger partial charge is 0.237 e. The predicted octanol–water partition coefficient (Wildman–Crippen LogP) is 4.67. The fourth-order valence-corrected chi connectivity index (χ4v) is 4.18. The van der Waals surface area contributed by atoms with Crippen molar-refractivity contribution >= 4 is 40.1 Å². The molecular formula is C21H24N4OS. The second-order valence-corrected chi connectivity index (χ2v) is 8.23. The topological polar surface area (TPSA) is 61.0 Å². The molecule has 1 aliphatic heterocycles. The number of aromatic amines is 1. The Morgan fingerprint density at radius 1 is 1.11 bits per heavy atom. The van der Waals surface area contributed by atoms with Crippen molar-refractivity contribution in [3.05, 3.63) is 48.5 Å². The van der Waals surface area contributed by atoms with Crippen LogP contribution < -0.4 is 10.2 Å². The third-order valence-electron chi connectivity index (χ3n) is 4.88. The van der Waals surface area contributed by atoms with E-state index in [4.69, 9.17) is 0 Å². The number of nitrogens with zero attached hydrogens (tertiary/aromatic N) is 2. The lowest BCUT2D eigenvalue weighted by atomic mass is 10.1. The van der Waals surface area contributed by atoms with Gasteiger partial charge in [0.05, 0.1) is 16.3 Å². The van der Waals surface area contributed by atoms with E-state index in [-0.39, 0.29) is 11.2 Å². The van der Waals surface area contributed by atoms with Crippen LogP contribution in [-0.2, 0) is 4.79 Å². The van der Waals surface area contributed by atoms with Crippen molar-refractivity contribution in [3.8, 4) is 0 Å². The SMILES string of the molecule is C[C@H](Sc1nc2ccccc2[nH]1)C(=O)Nc1ccc(N2CCCCC2)cc1. The predicted molar refractivity (Wildman–Crippen MR) is 113 cm³/mol. The summed E-state index contributed by atoms with van der Waals surface area (Å²) in [5, 5.41) is 3.53. The molecule has 1 saturated heterocycles. The molecule has 3 aromatic rings. The third-order valence-corrected chi connectivity index (χ3v) is 5.87. The number of rotatable bonds is 5. The summed E-state index contributed by atoms with van der Waals surface area (Å²) in [5.41, 5.74) is 3.97. The minimum Gasteiger partial charge on any atom is -0.372 e. The molecule has 27 heavy (non-hydrogen) atoms. The van der Waals surface area contributed by atoms with Gasteiger partial charge in [0, 0.05) is 24.5 Å². The number of anilines is 2. The Morgan fingerprint density at radius 2 is 1.85 bits per heavy atom. The first-order valence-electron chi connectivity index (χ1n) is 9.46. The van der Waals surface area contributed by atoms with E-state index in [2.05, 4.69) is 32.3 Å². The fourth-order valence-electron chi connectivity index (χ4n) is 3.36. The molecule has 0 aliphatic carbocycles. The maximum atomic E-state index is 12.5. The molecule has 1 atom stereocenters. The molecule has 2 heterocycles. The second-order valence-electron chi connectivity index (χ2n) is 6.90. The fraction of sp³-hybridized carbons (Fsp3) is 0.333. The molecule has 1 aromatic heterocycles. The molecule has 5 nitrogen and oxygen atoms in total. The van der Waals surface area contributed by atoms with Crippen molar-refractivity contribution in [2.75, 3.05) is 23.3 Å². The van der Waals surface area contributed by atoms with Crippen LogP contribution in [0, 0.1) is 0 Å². The maximum Gasteiger partial charge on any atom is 0.237 e. The summed E-state index contributed by atoms with van der Waals surface area (Å²) in [6, 6.07) is 16.0. The van der Waals surface area contributed by atoms with Crippen LogP contribution in [0.2, 0.25) is 0 Å². The van der Waals surface area contributed by atoms with E-state index in [1.54, 1.807) is 0 Å². The van der Waals surface area contributed by atoms with Crippen molar-refractivity contribution in [3.63, 3.8) is 0 Å². The van der Waals surface area contributed by atoms with Gasteiger partial charge in [-0.1, -0.05) is 23.9 Å². The highest BCUT2D eigenvalue weighted by molar-refractivity contribution is 8.00. The van der Waals surface area contributed by atoms with Crippen LogP contribution in [-0.4, -0.2) is 34.2 Å². The van der Waals surface area contributed by atoms with E-state index in [1.807, 2.05) is 43.3 Å². The molecule has 0 spiro atoms. The molecular weight excluding hydrogens is 356 g/mol. The molecule has 0 bridgehead atoms. The number of aromatic nitrogens is 2. The Kier molecular flexibility index (Phi) is 5.34. The molecule has 140 valence electrons. The minimum atomic E-state index is -0.243. The van der Waals surface area contributed by atoms with Gasteiger partial charge in [0.15, 0.2) is 5.16 Å². The van der Waals surface area contributed by atoms with Gasteiger partial charge in [0.25, 0.3) is 0 Å². The molecule has 2 N–H and O–H groups in total. The lowest BCUT2D eigenvalue weighted by Gasteiger charge is -2.28. The number of carbonyl (C=O) groups is 1. The van der Waals surface area contributed by atoms with Gasteiger partial charge in [0.1, 0.15) is 0 Å². The van der Waals surface area contributed by atoms with Crippen molar-refractivity contribution in [1.29, 1.82) is 0 Å². The summed E-state index contributed by atoms with van der Waals surface area (Å²) in [5.74, 6) is -0.0221. The molecule has 1 aliphatic rings. The van der Waals surface area contributed by atoms with Gasteiger partial charge in [-0.05, 0) is 62.6 Å². The van der Waals surface area contributed by atoms with Crippen molar-refractivity contribution in [1.82, 2.24) is 9.97 Å². The zero-order chi connectivity index (χ0) is 18.6. The Morgan fingerprint density at radius 3 is 2.59 bits per heavy atom. The standard InChI is InChI=1S/C21H24N4OS/c1-15(27-21-23-18-7-3-4-8-19(18)24-21)20(26)22-16-9-11-17(12-10-16)25-13-5-2-6-14-25/h3-4,7-12,15H,2,5-6,13-14H2,1H3,(H,22,26)(H,23,24)/t15-/m0/s1. The van der Waals surface area contributed by atoms with Gasteiger partial charge in [-0.3, -0.25) is 4.79 Å². The van der Waals surface area contributed by atoms with Gasteiger partial charge >= 0.3 is 0 Å². The van der Waals surface area contributed by atoms with Crippen molar-refractivity contribution in [2.24, 2.45) is 0 Å². The first-order valence-corrected chi connectivity index (χ1v) is 10.3. The molecule has 0 radical (unpaired) electrons. The summed E-state index contributed by atoms with van der Waals surface area (Å²) in [6.45, 7) is 4.14. The van der Waals surface area contributed by atoms with Crippen LogP contribution in [0.15, 0.2) is 53.7 Å². The summed E-state index contributed by atoms with van der Waals surface area (Å²) < 4.78 is 0. The Hall–Kier alpha value is -2.47. The maximum absolute atomic E-state index is 12.5. The van der Waals surface area contributed by atoms with Crippen LogP contribution in [0.25, 0.3) is 11.0 Å². The van der Waals surface area contributed by atoms with Gasteiger partial charge in [0.2, 0.25) is 5.91 Å². The number of hydrogen-bond acceptors (Lipinski definition) is 4. The second kappa shape index (κ2) is 8.05. The molecule has 0 unspecified atom stereocenters. The number of nitrogens with one attached hydrogen (secondary N) is 2. The number of imidazole rings is 1. The third kappa shape index (κ3) is 4.27. The number of thioether (sulfide) groups is 1. The number of fused-ring (bicyclic) bond motifs is 1. The lowest BCUT2D eigenvalue weighted by Crippen LogP contribution is -2.29. The summed E-state index contributed by atoms with van der Waals surface area (Å²) in [7, 11) is 0. The average Bonchev–Trinajstić information content (AvgIpc) is 3.11. The Labute approximate surface area is 163 Å². The first kappa shape index (κ1) is 17.9. The van der Waals surface area contributed by atoms with E-state index < -0.39 is 0 Å². The van der Waals surface area contributed by atoms with Crippen LogP contribution >= 0.6 is 11.8 Å². The quantitative estimate of drug-likeness (QED) is 0.631. The lowest BCUT2D eigenvalue weighted by molar-refractivity contribution is -0.115. The highest BCUT2D eigenvalue weighted by Crippen LogP contribution is 2.25. The van der Waals surface area contributed by atoms with Crippen LogP contribution in [0.5, 0.6) is 0 Å². The monoisotopic (exact) mass is 380 g/mol. The van der Waals surface area contributed by atoms with E-state index >= 15 is 0 Å². The molecule has 2 aromatic carbocycles. The highest BCUT2D eigenvalue weighted by Gasteiger charge is 2.17. The minimum absolute atomic E-state index is 0.0221. The number of amides is 1. The van der Waals surface area contributed by atoms with E-state index in [1.165, 1.54) is 36.7 Å². The van der Waals surface area contributed by atoms with Crippen molar-refractivity contribution < 1.29 is 4.79 Å². The van der Waals surface area contributed by atoms with Crippen LogP contribution in [0.1, 0.15) is 26.2 Å². The normalized spacial score (nSPS) is 15.7. The van der Waals surface area contributed by atoms with Gasteiger partial charge in [-0.2, -0.15) is 0 Å². The molecule has 1 amide bonds. The Balaban J connectivity index is 1.36. The first-order chi connectivity index (χ1) is 13.2. The number of carbonyl (C=O) groups excluding carboxylic acids is 1. The average molecular weight is 381 g/mol. The summed E-state index contributed by atoms with van der Waals surface area (Å²) in [4.78, 5) is 22.7. The number of piperidine rings is 1. The van der Waals surface area contributed by atoms with Crippen molar-refractivity contribution in [2.45, 2.75) is 36.6 Å². The zero-order valence-electron chi connectivity index (χ0n) is 15.4. The molecule has 6 heteroatoms. The number of hydrogen-bond donors (Lipinski definition) is 2. The van der Waals surface area contributed by atoms with Gasteiger partial charge < -0.3 is 15.2 Å². The molecule has 1 fully saturated rings. The zero-order valence-corrected chi connectivity index (χ0v) is 16.3. The number of para-hydroxylation sites is 2. The van der Waals surface area contributed by atoms with Crippen LogP contribution in [0.3, 0.4) is 0 Å². The summed E-state index contributed by atoms with van der Waals surface area (Å²) in [6.07, 6.45) is 3.84. The van der Waals surface area contributed by atoms with E-state index in [0.29, 0.717) is 0 Å². The molecule has 0 saturated carbocycles. The molecule has 4 rings (SSSR count). The van der Waals surface area contributed by atoms with E-state index in [0.717, 1.165) is 35.0 Å². The highest BCUT2D eigenvalue weighted by atomic mass is 32.2. The summed E-state index contributed by atoms with van der Waals surface area (Å²) >= 11 is 1.44. The number of H-pyrrole nitrogens is 1. The largest absolute Gasteiger partial charge is 0.372 e. The van der Waals surface area contributed by atoms with E-state index in [9.17, 15) is 4.79 Å². The number of benzene rings is 2. The Bertz CT molecular complexity index is 882. The van der Waals surface area contributed by atoms with Crippen LogP contribution in [0.4, 0.5) is 11.4 Å². The van der Waals surface area contributed by atoms with Gasteiger partial charge in [-0.25, -0.2) is 4.98 Å². The van der Waals surface area contributed by atoms with Gasteiger partial charge in [-0.15, -0.1) is 0 Å².